The molecular weight excluding hydrogens is 202 g/mol. The van der Waals surface area contributed by atoms with Crippen molar-refractivity contribution in [2.75, 3.05) is 26.7 Å². The molecule has 2 heterocycles. The van der Waals surface area contributed by atoms with Gasteiger partial charge in [-0.3, -0.25) is 0 Å². The fourth-order valence-corrected chi connectivity index (χ4v) is 2.78. The van der Waals surface area contributed by atoms with E-state index in [2.05, 4.69) is 12.2 Å². The van der Waals surface area contributed by atoms with Gasteiger partial charge in [0.1, 0.15) is 0 Å². The van der Waals surface area contributed by atoms with E-state index in [0.717, 1.165) is 32.5 Å². The molecule has 0 aromatic rings. The molecule has 0 saturated carbocycles. The van der Waals surface area contributed by atoms with Crippen LogP contribution >= 0.6 is 0 Å². The van der Waals surface area contributed by atoms with Crippen LogP contribution in [0.1, 0.15) is 32.6 Å². The maximum absolute atomic E-state index is 12.0. The molecule has 0 spiro atoms. The molecule has 0 aromatic heterocycles. The molecule has 1 N–H and O–H groups in total. The Kier molecular flexibility index (Phi) is 3.69. The van der Waals surface area contributed by atoms with Gasteiger partial charge in [0.25, 0.3) is 0 Å². The molecule has 4 nitrogen and oxygen atoms in total. The number of rotatable bonds is 4. The second kappa shape index (κ2) is 5.04. The number of hydrogen-bond acceptors (Lipinski definition) is 2. The van der Waals surface area contributed by atoms with Gasteiger partial charge in [-0.1, -0.05) is 13.3 Å². The highest BCUT2D eigenvalue weighted by Crippen LogP contribution is 2.19. The number of nitrogens with zero attached hydrogens (tertiary/aromatic N) is 2. The summed E-state index contributed by atoms with van der Waals surface area (Å²) in [5, 5.41) is 3.45. The quantitative estimate of drug-likeness (QED) is 0.782. The van der Waals surface area contributed by atoms with Crippen molar-refractivity contribution >= 4 is 6.03 Å². The average molecular weight is 225 g/mol. The van der Waals surface area contributed by atoms with E-state index in [1.165, 1.54) is 12.8 Å². The molecule has 0 aliphatic carbocycles. The maximum Gasteiger partial charge on any atom is 0.320 e. The van der Waals surface area contributed by atoms with E-state index in [1.54, 1.807) is 0 Å². The SMILES string of the molecule is CCCC1CN(CC2CCCN2)C(=O)N1C. The first-order valence-electron chi connectivity index (χ1n) is 6.47. The summed E-state index contributed by atoms with van der Waals surface area (Å²) in [6.07, 6.45) is 4.74. The molecule has 4 heteroatoms. The van der Waals surface area contributed by atoms with E-state index in [-0.39, 0.29) is 6.03 Å². The zero-order valence-electron chi connectivity index (χ0n) is 10.4. The van der Waals surface area contributed by atoms with Crippen LogP contribution in [0.4, 0.5) is 4.79 Å². The van der Waals surface area contributed by atoms with Crippen molar-refractivity contribution < 1.29 is 4.79 Å². The number of amides is 2. The Morgan fingerprint density at radius 2 is 2.31 bits per heavy atom. The average Bonchev–Trinajstić information content (AvgIpc) is 2.85. The highest BCUT2D eigenvalue weighted by Gasteiger charge is 2.35. The van der Waals surface area contributed by atoms with Gasteiger partial charge in [-0.2, -0.15) is 0 Å². The first kappa shape index (κ1) is 11.7. The Morgan fingerprint density at radius 3 is 2.94 bits per heavy atom. The Morgan fingerprint density at radius 1 is 1.50 bits per heavy atom. The van der Waals surface area contributed by atoms with Gasteiger partial charge in [0.05, 0.1) is 6.04 Å². The van der Waals surface area contributed by atoms with Gasteiger partial charge in [0, 0.05) is 26.2 Å². The minimum Gasteiger partial charge on any atom is -0.323 e. The van der Waals surface area contributed by atoms with E-state index in [9.17, 15) is 4.79 Å². The lowest BCUT2D eigenvalue weighted by molar-refractivity contribution is 0.192. The molecule has 2 rings (SSSR count). The maximum atomic E-state index is 12.0. The van der Waals surface area contributed by atoms with Crippen molar-refractivity contribution in [1.82, 2.24) is 15.1 Å². The van der Waals surface area contributed by atoms with Gasteiger partial charge in [0.15, 0.2) is 0 Å². The van der Waals surface area contributed by atoms with Gasteiger partial charge >= 0.3 is 6.03 Å². The standard InChI is InChI=1S/C12H23N3O/c1-3-5-11-9-15(12(16)14(11)2)8-10-6-4-7-13-10/h10-11,13H,3-9H2,1-2H3. The predicted molar refractivity (Wildman–Crippen MR) is 64.5 cm³/mol. The Labute approximate surface area is 98.0 Å². The second-order valence-electron chi connectivity index (χ2n) is 5.03. The molecule has 2 unspecified atom stereocenters. The highest BCUT2D eigenvalue weighted by molar-refractivity contribution is 5.76. The summed E-state index contributed by atoms with van der Waals surface area (Å²) < 4.78 is 0. The third-order valence-corrected chi connectivity index (χ3v) is 3.78. The van der Waals surface area contributed by atoms with Crippen LogP contribution < -0.4 is 5.32 Å². The van der Waals surface area contributed by atoms with Crippen LogP contribution in [-0.4, -0.2) is 54.6 Å². The summed E-state index contributed by atoms with van der Waals surface area (Å²) in [5.41, 5.74) is 0. The van der Waals surface area contributed by atoms with Crippen molar-refractivity contribution in [3.8, 4) is 0 Å². The summed E-state index contributed by atoms with van der Waals surface area (Å²) in [7, 11) is 1.94. The third-order valence-electron chi connectivity index (χ3n) is 3.78. The lowest BCUT2D eigenvalue weighted by atomic mass is 10.1. The smallest absolute Gasteiger partial charge is 0.320 e. The largest absolute Gasteiger partial charge is 0.323 e. The zero-order chi connectivity index (χ0) is 11.5. The van der Waals surface area contributed by atoms with Gasteiger partial charge in [-0.25, -0.2) is 4.79 Å². The Bertz CT molecular complexity index is 251. The molecule has 2 atom stereocenters. The van der Waals surface area contributed by atoms with Crippen molar-refractivity contribution in [2.24, 2.45) is 0 Å². The molecule has 0 bridgehead atoms. The molecule has 16 heavy (non-hydrogen) atoms. The third kappa shape index (κ3) is 2.32. The molecule has 0 aromatic carbocycles. The van der Waals surface area contributed by atoms with Crippen LogP contribution in [0.25, 0.3) is 0 Å². The van der Waals surface area contributed by atoms with Crippen molar-refractivity contribution in [2.45, 2.75) is 44.7 Å². The van der Waals surface area contributed by atoms with Crippen LogP contribution in [-0.2, 0) is 0 Å². The first-order valence-corrected chi connectivity index (χ1v) is 6.47. The Balaban J connectivity index is 1.88. The minimum absolute atomic E-state index is 0.215. The van der Waals surface area contributed by atoms with Crippen molar-refractivity contribution in [3.05, 3.63) is 0 Å². The summed E-state index contributed by atoms with van der Waals surface area (Å²) in [6, 6.07) is 1.17. The fraction of sp³-hybridized carbons (Fsp3) is 0.917. The van der Waals surface area contributed by atoms with Gasteiger partial charge in [-0.05, 0) is 25.8 Å². The number of hydrogen-bond donors (Lipinski definition) is 1. The summed E-state index contributed by atoms with van der Waals surface area (Å²) >= 11 is 0. The summed E-state index contributed by atoms with van der Waals surface area (Å²) in [6.45, 7) is 5.10. The topological polar surface area (TPSA) is 35.6 Å². The monoisotopic (exact) mass is 225 g/mol. The lowest BCUT2D eigenvalue weighted by Gasteiger charge is -2.20. The first-order chi connectivity index (χ1) is 7.72. The van der Waals surface area contributed by atoms with E-state index in [0.29, 0.717) is 12.1 Å². The van der Waals surface area contributed by atoms with Gasteiger partial charge in [0.2, 0.25) is 0 Å². The molecule has 92 valence electrons. The Hall–Kier alpha value is -0.770. The van der Waals surface area contributed by atoms with E-state index >= 15 is 0 Å². The zero-order valence-corrected chi connectivity index (χ0v) is 10.4. The van der Waals surface area contributed by atoms with E-state index in [1.807, 2.05) is 16.8 Å². The van der Waals surface area contributed by atoms with Crippen LogP contribution in [0, 0.1) is 0 Å². The summed E-state index contributed by atoms with van der Waals surface area (Å²) in [4.78, 5) is 15.9. The lowest BCUT2D eigenvalue weighted by Crippen LogP contribution is -2.39. The van der Waals surface area contributed by atoms with E-state index < -0.39 is 0 Å². The predicted octanol–water partition coefficient (Wildman–Crippen LogP) is 1.27. The highest BCUT2D eigenvalue weighted by atomic mass is 16.2. The minimum atomic E-state index is 0.215. The number of carbonyl (C=O) groups is 1. The molecule has 0 radical (unpaired) electrons. The van der Waals surface area contributed by atoms with Crippen LogP contribution in [0.15, 0.2) is 0 Å². The van der Waals surface area contributed by atoms with Gasteiger partial charge in [-0.15, -0.1) is 0 Å². The second-order valence-corrected chi connectivity index (χ2v) is 5.03. The molecule has 2 aliphatic rings. The number of nitrogens with one attached hydrogen (secondary N) is 1. The number of carbonyl (C=O) groups excluding carboxylic acids is 1. The number of likely N-dealkylation sites (N-methyl/N-ethyl adjacent to an activating group) is 1. The van der Waals surface area contributed by atoms with Crippen LogP contribution in [0.3, 0.4) is 0 Å². The fourth-order valence-electron chi connectivity index (χ4n) is 2.78. The van der Waals surface area contributed by atoms with Crippen molar-refractivity contribution in [1.29, 1.82) is 0 Å². The van der Waals surface area contributed by atoms with Gasteiger partial charge < -0.3 is 15.1 Å². The van der Waals surface area contributed by atoms with Crippen molar-refractivity contribution in [3.63, 3.8) is 0 Å². The molecule has 2 saturated heterocycles. The molecular formula is C12H23N3O. The molecule has 2 aliphatic heterocycles. The molecule has 2 amide bonds. The summed E-state index contributed by atoms with van der Waals surface area (Å²) in [5.74, 6) is 0. The van der Waals surface area contributed by atoms with Crippen LogP contribution in [0.5, 0.6) is 0 Å². The molecule has 2 fully saturated rings. The number of urea groups is 1. The van der Waals surface area contributed by atoms with E-state index in [4.69, 9.17) is 0 Å². The van der Waals surface area contributed by atoms with Crippen LogP contribution in [0.2, 0.25) is 0 Å². The normalized spacial score (nSPS) is 30.5.